The molecule has 6 nitrogen and oxygen atoms in total. The topological polar surface area (TPSA) is 72.9 Å². The summed E-state index contributed by atoms with van der Waals surface area (Å²) in [6.07, 6.45) is 1.000. The van der Waals surface area contributed by atoms with Crippen LogP contribution in [-0.2, 0) is 13.5 Å². The summed E-state index contributed by atoms with van der Waals surface area (Å²) in [5.41, 5.74) is 8.61. The molecule has 6 heteroatoms. The number of rotatable bonds is 2. The van der Waals surface area contributed by atoms with Crippen molar-refractivity contribution in [1.82, 2.24) is 20.2 Å². The Balaban J connectivity index is 2.02. The van der Waals surface area contributed by atoms with Gasteiger partial charge >= 0.3 is 0 Å². The molecule has 2 aromatic rings. The molecule has 94 valence electrons. The van der Waals surface area contributed by atoms with Crippen LogP contribution in [0.1, 0.15) is 17.2 Å². The second-order valence-corrected chi connectivity index (χ2v) is 4.50. The molecule has 0 saturated heterocycles. The van der Waals surface area contributed by atoms with Crippen molar-refractivity contribution in [3.8, 4) is 0 Å². The predicted molar refractivity (Wildman–Crippen MR) is 68.1 cm³/mol. The Morgan fingerprint density at radius 1 is 1.39 bits per heavy atom. The third-order valence-electron chi connectivity index (χ3n) is 3.49. The molecule has 1 atom stereocenters. The third kappa shape index (κ3) is 1.65. The molecule has 1 aliphatic heterocycles. The fourth-order valence-corrected chi connectivity index (χ4v) is 2.61. The number of nitrogens with two attached hydrogens (primary N) is 1. The van der Waals surface area contributed by atoms with Gasteiger partial charge < -0.3 is 10.6 Å². The van der Waals surface area contributed by atoms with Crippen LogP contribution < -0.4 is 10.6 Å². The van der Waals surface area contributed by atoms with Crippen LogP contribution in [0, 0.1) is 0 Å². The van der Waals surface area contributed by atoms with Crippen LogP contribution >= 0.6 is 0 Å². The van der Waals surface area contributed by atoms with Crippen LogP contribution in [0.5, 0.6) is 0 Å². The summed E-state index contributed by atoms with van der Waals surface area (Å²) in [5, 5.41) is 11.7. The first-order chi connectivity index (χ1) is 8.81. The van der Waals surface area contributed by atoms with Gasteiger partial charge in [0.05, 0.1) is 6.04 Å². The van der Waals surface area contributed by atoms with Crippen LogP contribution in [0.4, 0.5) is 5.95 Å². The fraction of sp³-hybridized carbons (Fsp3) is 0.417. The van der Waals surface area contributed by atoms with Gasteiger partial charge in [0.2, 0.25) is 5.95 Å². The highest BCUT2D eigenvalue weighted by Crippen LogP contribution is 2.31. The van der Waals surface area contributed by atoms with Gasteiger partial charge in [0, 0.05) is 20.1 Å². The quantitative estimate of drug-likeness (QED) is 0.821. The highest BCUT2D eigenvalue weighted by atomic mass is 15.6. The number of hydrogen-bond donors (Lipinski definition) is 1. The van der Waals surface area contributed by atoms with Crippen molar-refractivity contribution in [2.45, 2.75) is 12.5 Å². The summed E-state index contributed by atoms with van der Waals surface area (Å²) in [7, 11) is 1.85. The number of aryl methyl sites for hydroxylation is 1. The zero-order chi connectivity index (χ0) is 12.5. The van der Waals surface area contributed by atoms with Crippen molar-refractivity contribution < 1.29 is 0 Å². The number of nitrogens with zero attached hydrogens (tertiary/aromatic N) is 5. The summed E-state index contributed by atoms with van der Waals surface area (Å²) >= 11 is 0. The van der Waals surface area contributed by atoms with Gasteiger partial charge in [-0.2, -0.15) is 0 Å². The van der Waals surface area contributed by atoms with Gasteiger partial charge in [0.15, 0.2) is 0 Å². The Labute approximate surface area is 105 Å². The molecule has 1 aromatic carbocycles. The van der Waals surface area contributed by atoms with E-state index in [1.54, 1.807) is 4.68 Å². The van der Waals surface area contributed by atoms with Gasteiger partial charge in [-0.05, 0) is 28.0 Å². The fourth-order valence-electron chi connectivity index (χ4n) is 2.61. The Kier molecular flexibility index (Phi) is 2.71. The first kappa shape index (κ1) is 11.2. The zero-order valence-electron chi connectivity index (χ0n) is 10.3. The third-order valence-corrected chi connectivity index (χ3v) is 3.49. The van der Waals surface area contributed by atoms with E-state index in [4.69, 9.17) is 5.73 Å². The van der Waals surface area contributed by atoms with Gasteiger partial charge in [0.1, 0.15) is 0 Å². The smallest absolute Gasteiger partial charge is 0.245 e. The minimum atomic E-state index is 0.152. The lowest BCUT2D eigenvalue weighted by atomic mass is 9.93. The van der Waals surface area contributed by atoms with Crippen molar-refractivity contribution in [3.05, 3.63) is 35.4 Å². The summed E-state index contributed by atoms with van der Waals surface area (Å²) in [4.78, 5) is 2.18. The van der Waals surface area contributed by atoms with E-state index in [-0.39, 0.29) is 6.04 Å². The first-order valence-corrected chi connectivity index (χ1v) is 6.08. The molecule has 1 aliphatic rings. The van der Waals surface area contributed by atoms with Gasteiger partial charge in [0.25, 0.3) is 0 Å². The van der Waals surface area contributed by atoms with Crippen LogP contribution in [0.3, 0.4) is 0 Å². The molecule has 0 radical (unpaired) electrons. The summed E-state index contributed by atoms with van der Waals surface area (Å²) < 4.78 is 1.69. The maximum Gasteiger partial charge on any atom is 0.245 e. The number of tetrazole rings is 1. The van der Waals surface area contributed by atoms with Gasteiger partial charge in [-0.1, -0.05) is 29.4 Å². The highest BCUT2D eigenvalue weighted by molar-refractivity contribution is 5.43. The van der Waals surface area contributed by atoms with Crippen molar-refractivity contribution in [1.29, 1.82) is 0 Å². The number of benzene rings is 1. The predicted octanol–water partition coefficient (Wildman–Crippen LogP) is 0.273. The Morgan fingerprint density at radius 3 is 2.94 bits per heavy atom. The van der Waals surface area contributed by atoms with E-state index in [1.165, 1.54) is 11.1 Å². The molecule has 0 amide bonds. The van der Waals surface area contributed by atoms with Crippen LogP contribution in [0.15, 0.2) is 24.3 Å². The number of anilines is 1. The Hall–Kier alpha value is -1.95. The van der Waals surface area contributed by atoms with E-state index < -0.39 is 0 Å². The highest BCUT2D eigenvalue weighted by Gasteiger charge is 2.28. The van der Waals surface area contributed by atoms with Crippen molar-refractivity contribution in [2.75, 3.05) is 18.0 Å². The molecule has 3 rings (SSSR count). The number of hydrogen-bond acceptors (Lipinski definition) is 5. The summed E-state index contributed by atoms with van der Waals surface area (Å²) in [6.45, 7) is 1.46. The maximum absolute atomic E-state index is 5.95. The molecule has 0 saturated carbocycles. The molecule has 1 aromatic heterocycles. The standard InChI is InChI=1S/C12H16N6/c1-17-12(14-15-16-17)18-7-6-9-4-2-3-5-10(9)11(18)8-13/h2-5,11H,6-8,13H2,1H3. The Morgan fingerprint density at radius 2 is 2.22 bits per heavy atom. The minimum absolute atomic E-state index is 0.152. The second-order valence-electron chi connectivity index (χ2n) is 4.50. The first-order valence-electron chi connectivity index (χ1n) is 6.08. The van der Waals surface area contributed by atoms with Gasteiger partial charge in [-0.3, -0.25) is 0 Å². The van der Waals surface area contributed by atoms with E-state index in [2.05, 4.69) is 44.7 Å². The second kappa shape index (κ2) is 4.38. The van der Waals surface area contributed by atoms with Crippen LogP contribution in [0.2, 0.25) is 0 Å². The van der Waals surface area contributed by atoms with Crippen LogP contribution in [0.25, 0.3) is 0 Å². The van der Waals surface area contributed by atoms with E-state index in [9.17, 15) is 0 Å². The monoisotopic (exact) mass is 244 g/mol. The van der Waals surface area contributed by atoms with E-state index in [0.717, 1.165) is 18.9 Å². The zero-order valence-corrected chi connectivity index (χ0v) is 10.3. The molecular formula is C12H16N6. The Bertz CT molecular complexity index is 549. The molecule has 0 aliphatic carbocycles. The lowest BCUT2D eigenvalue weighted by molar-refractivity contribution is 0.560. The SMILES string of the molecule is Cn1nnnc1N1CCc2ccccc2C1CN. The minimum Gasteiger partial charge on any atom is -0.331 e. The maximum atomic E-state index is 5.95. The molecule has 0 fully saturated rings. The van der Waals surface area contributed by atoms with Crippen molar-refractivity contribution in [2.24, 2.45) is 12.8 Å². The average molecular weight is 244 g/mol. The van der Waals surface area contributed by atoms with Gasteiger partial charge in [-0.15, -0.1) is 0 Å². The molecular weight excluding hydrogens is 228 g/mol. The lowest BCUT2D eigenvalue weighted by Crippen LogP contribution is -2.40. The normalized spacial score (nSPS) is 18.8. The molecule has 2 N–H and O–H groups in total. The van der Waals surface area contributed by atoms with Crippen LogP contribution in [-0.4, -0.2) is 33.3 Å². The average Bonchev–Trinajstić information content (AvgIpc) is 2.83. The number of fused-ring (bicyclic) bond motifs is 1. The molecule has 18 heavy (non-hydrogen) atoms. The molecule has 0 bridgehead atoms. The summed E-state index contributed by atoms with van der Waals surface area (Å²) in [6, 6.07) is 8.60. The van der Waals surface area contributed by atoms with Gasteiger partial charge in [-0.25, -0.2) is 4.68 Å². The largest absolute Gasteiger partial charge is 0.331 e. The molecule has 0 spiro atoms. The molecule has 2 heterocycles. The van der Waals surface area contributed by atoms with Crippen molar-refractivity contribution >= 4 is 5.95 Å². The van der Waals surface area contributed by atoms with E-state index in [1.807, 2.05) is 7.05 Å². The summed E-state index contributed by atoms with van der Waals surface area (Å²) in [5.74, 6) is 0.778. The van der Waals surface area contributed by atoms with Crippen molar-refractivity contribution in [3.63, 3.8) is 0 Å². The lowest BCUT2D eigenvalue weighted by Gasteiger charge is -2.36. The molecule has 1 unspecified atom stereocenters. The van der Waals surface area contributed by atoms with E-state index >= 15 is 0 Å². The number of aromatic nitrogens is 4. The van der Waals surface area contributed by atoms with E-state index in [0.29, 0.717) is 6.54 Å².